The molecule has 0 aliphatic heterocycles. The summed E-state index contributed by atoms with van der Waals surface area (Å²) in [6.07, 6.45) is 4.05. The summed E-state index contributed by atoms with van der Waals surface area (Å²) in [5.41, 5.74) is 1.02. The van der Waals surface area contributed by atoms with Crippen LogP contribution in [0.3, 0.4) is 0 Å². The maximum Gasteiger partial charge on any atom is 0.0682 e. The van der Waals surface area contributed by atoms with Gasteiger partial charge in [-0.15, -0.1) is 11.8 Å². The van der Waals surface area contributed by atoms with Crippen LogP contribution < -0.4 is 0 Å². The molecule has 1 fully saturated rings. The van der Waals surface area contributed by atoms with Gasteiger partial charge in [-0.2, -0.15) is 0 Å². The minimum absolute atomic E-state index is 0.145. The first kappa shape index (κ1) is 13.0. The van der Waals surface area contributed by atoms with E-state index in [1.165, 1.54) is 24.2 Å². The average molecular weight is 250 g/mol. The highest BCUT2D eigenvalue weighted by Crippen LogP contribution is 2.38. The maximum atomic E-state index is 9.14. The van der Waals surface area contributed by atoms with Crippen molar-refractivity contribution in [3.8, 4) is 0 Å². The fourth-order valence-electron chi connectivity index (χ4n) is 2.88. The van der Waals surface area contributed by atoms with Crippen LogP contribution in [0.15, 0.2) is 29.2 Å². The van der Waals surface area contributed by atoms with E-state index in [-0.39, 0.29) is 6.61 Å². The van der Waals surface area contributed by atoms with Crippen LogP contribution in [-0.4, -0.2) is 10.4 Å². The minimum atomic E-state index is 0.145. The van der Waals surface area contributed by atoms with Crippen molar-refractivity contribution in [1.29, 1.82) is 0 Å². The SMILES string of the molecule is CC1CC(C)CC(Sc2cccc(CO)c2)C1. The zero-order valence-corrected chi connectivity index (χ0v) is 11.5. The summed E-state index contributed by atoms with van der Waals surface area (Å²) >= 11 is 1.99. The van der Waals surface area contributed by atoms with Gasteiger partial charge >= 0.3 is 0 Å². The van der Waals surface area contributed by atoms with Crippen molar-refractivity contribution in [2.24, 2.45) is 11.8 Å². The van der Waals surface area contributed by atoms with Crippen molar-refractivity contribution in [3.63, 3.8) is 0 Å². The van der Waals surface area contributed by atoms with E-state index < -0.39 is 0 Å². The summed E-state index contributed by atoms with van der Waals surface area (Å²) in [5.74, 6) is 1.72. The molecule has 1 aromatic rings. The van der Waals surface area contributed by atoms with E-state index in [0.717, 1.165) is 22.6 Å². The third-order valence-corrected chi connectivity index (χ3v) is 4.76. The lowest BCUT2D eigenvalue weighted by Crippen LogP contribution is -2.21. The Kier molecular flexibility index (Phi) is 4.52. The van der Waals surface area contributed by atoms with Gasteiger partial charge in [-0.05, 0) is 48.8 Å². The molecule has 2 rings (SSSR count). The molecule has 0 radical (unpaired) electrons. The first-order valence-electron chi connectivity index (χ1n) is 6.54. The Morgan fingerprint density at radius 2 is 1.88 bits per heavy atom. The van der Waals surface area contributed by atoms with Crippen molar-refractivity contribution in [2.75, 3.05) is 0 Å². The standard InChI is InChI=1S/C15H22OS/c1-11-6-12(2)8-15(7-11)17-14-5-3-4-13(9-14)10-16/h3-5,9,11-12,15-16H,6-8,10H2,1-2H3. The van der Waals surface area contributed by atoms with E-state index in [2.05, 4.69) is 26.0 Å². The lowest BCUT2D eigenvalue weighted by Gasteiger charge is -2.31. The number of hydrogen-bond acceptors (Lipinski definition) is 2. The molecule has 0 aromatic heterocycles. The van der Waals surface area contributed by atoms with Crippen LogP contribution >= 0.6 is 11.8 Å². The van der Waals surface area contributed by atoms with Crippen LogP contribution in [0.2, 0.25) is 0 Å². The van der Waals surface area contributed by atoms with Crippen LogP contribution in [0.25, 0.3) is 0 Å². The third-order valence-electron chi connectivity index (χ3n) is 3.52. The van der Waals surface area contributed by atoms with E-state index in [9.17, 15) is 0 Å². The molecule has 0 bridgehead atoms. The van der Waals surface area contributed by atoms with Gasteiger partial charge in [0.15, 0.2) is 0 Å². The lowest BCUT2D eigenvalue weighted by molar-refractivity contribution is 0.281. The molecule has 94 valence electrons. The second-order valence-electron chi connectivity index (χ2n) is 5.46. The van der Waals surface area contributed by atoms with Gasteiger partial charge in [0, 0.05) is 10.1 Å². The van der Waals surface area contributed by atoms with Crippen LogP contribution in [0.5, 0.6) is 0 Å². The number of benzene rings is 1. The summed E-state index contributed by atoms with van der Waals surface area (Å²) in [7, 11) is 0. The number of aliphatic hydroxyl groups is 1. The molecule has 1 nitrogen and oxygen atoms in total. The quantitative estimate of drug-likeness (QED) is 0.871. The van der Waals surface area contributed by atoms with Gasteiger partial charge in [0.2, 0.25) is 0 Å². The van der Waals surface area contributed by atoms with E-state index in [0.29, 0.717) is 0 Å². The Morgan fingerprint density at radius 3 is 2.53 bits per heavy atom. The number of aliphatic hydroxyl groups excluding tert-OH is 1. The Morgan fingerprint density at radius 1 is 1.18 bits per heavy atom. The monoisotopic (exact) mass is 250 g/mol. The summed E-state index contributed by atoms with van der Waals surface area (Å²) < 4.78 is 0. The Hall–Kier alpha value is -0.470. The molecule has 2 unspecified atom stereocenters. The molecule has 2 heteroatoms. The molecule has 0 spiro atoms. The number of hydrogen-bond donors (Lipinski definition) is 1. The highest BCUT2D eigenvalue weighted by Gasteiger charge is 2.24. The van der Waals surface area contributed by atoms with Crippen LogP contribution in [-0.2, 0) is 6.61 Å². The number of thioether (sulfide) groups is 1. The second kappa shape index (κ2) is 5.92. The van der Waals surface area contributed by atoms with Gasteiger partial charge in [0.25, 0.3) is 0 Å². The van der Waals surface area contributed by atoms with Crippen LogP contribution in [0.1, 0.15) is 38.7 Å². The summed E-state index contributed by atoms with van der Waals surface area (Å²) in [6, 6.07) is 8.31. The smallest absolute Gasteiger partial charge is 0.0682 e. The van der Waals surface area contributed by atoms with E-state index >= 15 is 0 Å². The summed E-state index contributed by atoms with van der Waals surface area (Å²) in [5, 5.41) is 9.90. The molecule has 2 atom stereocenters. The molecular formula is C15H22OS. The molecular weight excluding hydrogens is 228 g/mol. The molecule has 0 saturated heterocycles. The fourth-order valence-corrected chi connectivity index (χ4v) is 4.49. The van der Waals surface area contributed by atoms with Crippen molar-refractivity contribution < 1.29 is 5.11 Å². The Bertz CT molecular complexity index is 354. The van der Waals surface area contributed by atoms with Gasteiger partial charge in [-0.3, -0.25) is 0 Å². The largest absolute Gasteiger partial charge is 0.392 e. The molecule has 0 heterocycles. The zero-order chi connectivity index (χ0) is 12.3. The lowest BCUT2D eigenvalue weighted by atomic mass is 9.83. The van der Waals surface area contributed by atoms with Crippen LogP contribution in [0, 0.1) is 11.8 Å². The van der Waals surface area contributed by atoms with E-state index in [4.69, 9.17) is 5.11 Å². The fraction of sp³-hybridized carbons (Fsp3) is 0.600. The highest BCUT2D eigenvalue weighted by atomic mass is 32.2. The van der Waals surface area contributed by atoms with Crippen molar-refractivity contribution in [3.05, 3.63) is 29.8 Å². The summed E-state index contributed by atoms with van der Waals surface area (Å²) in [6.45, 7) is 4.88. The molecule has 17 heavy (non-hydrogen) atoms. The maximum absolute atomic E-state index is 9.14. The van der Waals surface area contributed by atoms with Crippen LogP contribution in [0.4, 0.5) is 0 Å². The third kappa shape index (κ3) is 3.75. The van der Waals surface area contributed by atoms with Gasteiger partial charge in [-0.25, -0.2) is 0 Å². The first-order valence-corrected chi connectivity index (χ1v) is 7.41. The normalized spacial score (nSPS) is 29.2. The van der Waals surface area contributed by atoms with Crippen molar-refractivity contribution in [2.45, 2.75) is 49.9 Å². The van der Waals surface area contributed by atoms with Gasteiger partial charge in [-0.1, -0.05) is 26.0 Å². The molecule has 1 saturated carbocycles. The number of rotatable bonds is 3. The highest BCUT2D eigenvalue weighted by molar-refractivity contribution is 8.00. The Labute approximate surface area is 109 Å². The predicted octanol–water partition coefficient (Wildman–Crippen LogP) is 4.10. The minimum Gasteiger partial charge on any atom is -0.392 e. The van der Waals surface area contributed by atoms with E-state index in [1.54, 1.807) is 0 Å². The zero-order valence-electron chi connectivity index (χ0n) is 10.7. The molecule has 1 aliphatic carbocycles. The first-order chi connectivity index (χ1) is 8.17. The summed E-state index contributed by atoms with van der Waals surface area (Å²) in [4.78, 5) is 1.31. The Balaban J connectivity index is 1.99. The molecule has 0 amide bonds. The van der Waals surface area contributed by atoms with Crippen molar-refractivity contribution >= 4 is 11.8 Å². The van der Waals surface area contributed by atoms with Gasteiger partial charge in [0.05, 0.1) is 6.61 Å². The second-order valence-corrected chi connectivity index (χ2v) is 6.84. The average Bonchev–Trinajstić information content (AvgIpc) is 2.28. The molecule has 1 aliphatic rings. The van der Waals surface area contributed by atoms with Gasteiger partial charge < -0.3 is 5.11 Å². The van der Waals surface area contributed by atoms with Crippen molar-refractivity contribution in [1.82, 2.24) is 0 Å². The molecule has 1 aromatic carbocycles. The van der Waals surface area contributed by atoms with Gasteiger partial charge in [0.1, 0.15) is 0 Å². The predicted molar refractivity (Wildman–Crippen MR) is 74.2 cm³/mol. The molecule has 1 N–H and O–H groups in total. The van der Waals surface area contributed by atoms with E-state index in [1.807, 2.05) is 23.9 Å². The topological polar surface area (TPSA) is 20.2 Å².